The quantitative estimate of drug-likeness (QED) is 0.465. The van der Waals surface area contributed by atoms with Crippen LogP contribution in [0.5, 0.6) is 0 Å². The van der Waals surface area contributed by atoms with Crippen molar-refractivity contribution in [2.24, 2.45) is 5.73 Å². The third kappa shape index (κ3) is 6.82. The second-order valence-corrected chi connectivity index (χ2v) is 3.46. The maximum absolute atomic E-state index is 11.1. The molecule has 0 aromatic carbocycles. The predicted molar refractivity (Wildman–Crippen MR) is 51.9 cm³/mol. The van der Waals surface area contributed by atoms with Crippen LogP contribution in [0.1, 0.15) is 13.8 Å². The number of hydrogen-bond donors (Lipinski definition) is 1. The molecule has 0 spiro atoms. The zero-order valence-corrected chi connectivity index (χ0v) is 9.04. The van der Waals surface area contributed by atoms with E-state index >= 15 is 0 Å². The predicted octanol–water partition coefficient (Wildman–Crippen LogP) is -0.0701. The topological polar surface area (TPSA) is 70.8 Å². The van der Waals surface area contributed by atoms with Crippen molar-refractivity contribution in [2.45, 2.75) is 19.4 Å². The fraction of sp³-hybridized carbons (Fsp3) is 0.889. The second kappa shape index (κ2) is 6.75. The standard InChI is InChI=1S/C9H19NO4/c1-9(2,10)8(11)14-7-6-13-5-4-12-3/h4-7,10H2,1-3H3. The summed E-state index contributed by atoms with van der Waals surface area (Å²) in [6.45, 7) is 4.83. The normalized spacial score (nSPS) is 11.4. The van der Waals surface area contributed by atoms with Crippen molar-refractivity contribution in [2.75, 3.05) is 33.5 Å². The highest BCUT2D eigenvalue weighted by Crippen LogP contribution is 1.99. The number of carbonyl (C=O) groups is 1. The molecule has 0 unspecified atom stereocenters. The molecule has 0 atom stereocenters. The number of nitrogens with two attached hydrogens (primary N) is 1. The Bertz CT molecular complexity index is 165. The van der Waals surface area contributed by atoms with Gasteiger partial charge in [0.15, 0.2) is 0 Å². The molecule has 0 bridgehead atoms. The third-order valence-electron chi connectivity index (χ3n) is 1.42. The van der Waals surface area contributed by atoms with E-state index in [4.69, 9.17) is 19.9 Å². The molecule has 0 aromatic heterocycles. The molecule has 5 nitrogen and oxygen atoms in total. The molecule has 0 saturated heterocycles. The first-order valence-electron chi connectivity index (χ1n) is 4.51. The van der Waals surface area contributed by atoms with E-state index in [-0.39, 0.29) is 6.61 Å². The Balaban J connectivity index is 3.33. The SMILES string of the molecule is COCCOCCOC(=O)C(C)(C)N. The smallest absolute Gasteiger partial charge is 0.325 e. The zero-order valence-electron chi connectivity index (χ0n) is 9.04. The van der Waals surface area contributed by atoms with Crippen molar-refractivity contribution in [3.63, 3.8) is 0 Å². The van der Waals surface area contributed by atoms with Crippen molar-refractivity contribution in [1.29, 1.82) is 0 Å². The van der Waals surface area contributed by atoms with E-state index in [0.717, 1.165) is 0 Å². The number of hydrogen-bond acceptors (Lipinski definition) is 5. The summed E-state index contributed by atoms with van der Waals surface area (Å²) < 4.78 is 14.7. The number of rotatable bonds is 7. The van der Waals surface area contributed by atoms with Crippen LogP contribution in [0.25, 0.3) is 0 Å². The summed E-state index contributed by atoms with van der Waals surface area (Å²) in [6, 6.07) is 0. The van der Waals surface area contributed by atoms with Gasteiger partial charge in [0.25, 0.3) is 0 Å². The minimum absolute atomic E-state index is 0.225. The van der Waals surface area contributed by atoms with E-state index in [9.17, 15) is 4.79 Å². The van der Waals surface area contributed by atoms with Crippen LogP contribution in [-0.4, -0.2) is 45.0 Å². The summed E-state index contributed by atoms with van der Waals surface area (Å²) in [5.41, 5.74) is 4.57. The first-order valence-corrected chi connectivity index (χ1v) is 4.51. The lowest BCUT2D eigenvalue weighted by molar-refractivity contribution is -0.150. The summed E-state index contributed by atoms with van der Waals surface area (Å²) in [7, 11) is 1.60. The average molecular weight is 205 g/mol. The van der Waals surface area contributed by atoms with Crippen molar-refractivity contribution < 1.29 is 19.0 Å². The number of carbonyl (C=O) groups excluding carboxylic acids is 1. The second-order valence-electron chi connectivity index (χ2n) is 3.46. The zero-order chi connectivity index (χ0) is 11.0. The van der Waals surface area contributed by atoms with Crippen molar-refractivity contribution in [3.8, 4) is 0 Å². The maximum Gasteiger partial charge on any atom is 0.325 e. The molecule has 2 N–H and O–H groups in total. The minimum Gasteiger partial charge on any atom is -0.462 e. The fourth-order valence-corrected chi connectivity index (χ4v) is 0.624. The molecule has 0 fully saturated rings. The molecule has 0 aromatic rings. The highest BCUT2D eigenvalue weighted by Gasteiger charge is 2.23. The van der Waals surface area contributed by atoms with Crippen LogP contribution in [0, 0.1) is 0 Å². The van der Waals surface area contributed by atoms with Crippen LogP contribution in [0.2, 0.25) is 0 Å². The first-order chi connectivity index (χ1) is 6.48. The molecule has 0 saturated carbocycles. The molecule has 0 amide bonds. The van der Waals surface area contributed by atoms with Gasteiger partial charge in [-0.25, -0.2) is 0 Å². The summed E-state index contributed by atoms with van der Waals surface area (Å²) in [5, 5.41) is 0. The van der Waals surface area contributed by atoms with Gasteiger partial charge in [-0.15, -0.1) is 0 Å². The van der Waals surface area contributed by atoms with E-state index in [0.29, 0.717) is 19.8 Å². The largest absolute Gasteiger partial charge is 0.462 e. The average Bonchev–Trinajstić information content (AvgIpc) is 2.09. The Kier molecular flexibility index (Phi) is 6.44. The molecule has 0 heterocycles. The van der Waals surface area contributed by atoms with Crippen molar-refractivity contribution in [3.05, 3.63) is 0 Å². The van der Waals surface area contributed by atoms with Gasteiger partial charge >= 0.3 is 5.97 Å². The molecule has 84 valence electrons. The van der Waals surface area contributed by atoms with Gasteiger partial charge in [0.05, 0.1) is 19.8 Å². The monoisotopic (exact) mass is 205 g/mol. The van der Waals surface area contributed by atoms with E-state index < -0.39 is 11.5 Å². The van der Waals surface area contributed by atoms with Crippen LogP contribution in [0.4, 0.5) is 0 Å². The summed E-state index contributed by atoms with van der Waals surface area (Å²) >= 11 is 0. The summed E-state index contributed by atoms with van der Waals surface area (Å²) in [5.74, 6) is -0.423. The molecule has 14 heavy (non-hydrogen) atoms. The summed E-state index contributed by atoms with van der Waals surface area (Å²) in [6.07, 6.45) is 0. The van der Waals surface area contributed by atoms with Gasteiger partial charge in [0, 0.05) is 7.11 Å². The van der Waals surface area contributed by atoms with Crippen LogP contribution in [0.15, 0.2) is 0 Å². The lowest BCUT2D eigenvalue weighted by Crippen LogP contribution is -2.43. The van der Waals surface area contributed by atoms with Crippen LogP contribution in [-0.2, 0) is 19.0 Å². The Labute approximate surface area is 84.5 Å². The fourth-order valence-electron chi connectivity index (χ4n) is 0.624. The van der Waals surface area contributed by atoms with Gasteiger partial charge < -0.3 is 19.9 Å². The van der Waals surface area contributed by atoms with E-state index in [1.165, 1.54) is 0 Å². The molecule has 0 aliphatic heterocycles. The van der Waals surface area contributed by atoms with Crippen LogP contribution >= 0.6 is 0 Å². The van der Waals surface area contributed by atoms with Crippen LogP contribution in [0.3, 0.4) is 0 Å². The van der Waals surface area contributed by atoms with Crippen molar-refractivity contribution >= 4 is 5.97 Å². The van der Waals surface area contributed by atoms with Gasteiger partial charge in [-0.05, 0) is 13.8 Å². The Morgan fingerprint density at radius 1 is 1.21 bits per heavy atom. The third-order valence-corrected chi connectivity index (χ3v) is 1.42. The molecular formula is C9H19NO4. The van der Waals surface area contributed by atoms with Gasteiger partial charge in [-0.2, -0.15) is 0 Å². The molecule has 0 radical (unpaired) electrons. The van der Waals surface area contributed by atoms with Crippen molar-refractivity contribution in [1.82, 2.24) is 0 Å². The number of methoxy groups -OCH3 is 1. The van der Waals surface area contributed by atoms with Gasteiger partial charge in [0.1, 0.15) is 12.1 Å². The van der Waals surface area contributed by atoms with Gasteiger partial charge in [0.2, 0.25) is 0 Å². The van der Waals surface area contributed by atoms with Gasteiger partial charge in [-0.3, -0.25) is 4.79 Å². The first kappa shape index (κ1) is 13.4. The van der Waals surface area contributed by atoms with E-state index in [1.807, 2.05) is 0 Å². The van der Waals surface area contributed by atoms with Gasteiger partial charge in [-0.1, -0.05) is 0 Å². The molecule has 0 aliphatic carbocycles. The Morgan fingerprint density at radius 3 is 2.29 bits per heavy atom. The Morgan fingerprint density at radius 2 is 1.79 bits per heavy atom. The summed E-state index contributed by atoms with van der Waals surface area (Å²) in [4.78, 5) is 11.1. The van der Waals surface area contributed by atoms with Crippen LogP contribution < -0.4 is 5.73 Å². The molecular weight excluding hydrogens is 186 g/mol. The molecule has 5 heteroatoms. The minimum atomic E-state index is -0.938. The van der Waals surface area contributed by atoms with E-state index in [2.05, 4.69) is 0 Å². The Hall–Kier alpha value is -0.650. The van der Waals surface area contributed by atoms with E-state index in [1.54, 1.807) is 21.0 Å². The lowest BCUT2D eigenvalue weighted by atomic mass is 10.1. The maximum atomic E-state index is 11.1. The molecule has 0 aliphatic rings. The number of esters is 1. The highest BCUT2D eigenvalue weighted by atomic mass is 16.6. The molecule has 0 rings (SSSR count). The number of ether oxygens (including phenoxy) is 3. The lowest BCUT2D eigenvalue weighted by Gasteiger charge is -2.16. The highest BCUT2D eigenvalue weighted by molar-refractivity contribution is 5.79.